The number of fused-ring (bicyclic) bond motifs is 2. The van der Waals surface area contributed by atoms with E-state index in [1.165, 1.54) is 34.9 Å². The molecule has 0 fully saturated rings. The number of hydrogen-bond donors (Lipinski definition) is 1. The first kappa shape index (κ1) is 13.3. The third-order valence-corrected chi connectivity index (χ3v) is 4.66. The van der Waals surface area contributed by atoms with Crippen molar-refractivity contribution >= 4 is 17.1 Å². The standard InChI is InChI=1S/C19H18N2O/c22-12-19-16(15-7-3-4-8-17(15)21-19)11-18-14-6-2-1-5-13(14)9-10-20-18/h1-2,5-6,9-10,12,21H,3-4,7-8,11H2. The number of H-pyrrole nitrogens is 1. The SMILES string of the molecule is O=Cc1[nH]c2c(c1Cc1nccc3ccccc13)CCCC2. The summed E-state index contributed by atoms with van der Waals surface area (Å²) in [6.07, 6.45) is 8.08. The first-order valence-electron chi connectivity index (χ1n) is 7.87. The Labute approximate surface area is 129 Å². The van der Waals surface area contributed by atoms with Crippen molar-refractivity contribution in [2.24, 2.45) is 0 Å². The second kappa shape index (κ2) is 5.41. The van der Waals surface area contributed by atoms with Crippen LogP contribution in [-0.2, 0) is 19.3 Å². The number of rotatable bonds is 3. The lowest BCUT2D eigenvalue weighted by Gasteiger charge is -2.13. The van der Waals surface area contributed by atoms with Crippen LogP contribution in [-0.4, -0.2) is 16.3 Å². The van der Waals surface area contributed by atoms with Gasteiger partial charge in [0, 0.05) is 23.7 Å². The minimum atomic E-state index is 0.723. The van der Waals surface area contributed by atoms with E-state index < -0.39 is 0 Å². The fourth-order valence-electron chi connectivity index (χ4n) is 3.57. The Morgan fingerprint density at radius 2 is 2.00 bits per heavy atom. The number of nitrogens with zero attached hydrogens (tertiary/aromatic N) is 1. The van der Waals surface area contributed by atoms with Crippen LogP contribution in [0.1, 0.15) is 45.8 Å². The third-order valence-electron chi connectivity index (χ3n) is 4.66. The third kappa shape index (κ3) is 2.13. The summed E-state index contributed by atoms with van der Waals surface area (Å²) in [5, 5.41) is 2.37. The van der Waals surface area contributed by atoms with Crippen LogP contribution in [0.15, 0.2) is 36.5 Å². The molecule has 1 aromatic carbocycles. The predicted molar refractivity (Wildman–Crippen MR) is 87.4 cm³/mol. The normalized spacial score (nSPS) is 14.0. The molecule has 0 amide bonds. The van der Waals surface area contributed by atoms with E-state index >= 15 is 0 Å². The van der Waals surface area contributed by atoms with Crippen molar-refractivity contribution in [3.8, 4) is 0 Å². The number of nitrogens with one attached hydrogen (secondary N) is 1. The fourth-order valence-corrected chi connectivity index (χ4v) is 3.57. The smallest absolute Gasteiger partial charge is 0.166 e. The number of aldehydes is 1. The minimum Gasteiger partial charge on any atom is -0.356 e. The van der Waals surface area contributed by atoms with Gasteiger partial charge < -0.3 is 4.98 Å². The van der Waals surface area contributed by atoms with E-state index in [1.54, 1.807) is 0 Å². The van der Waals surface area contributed by atoms with Crippen LogP contribution >= 0.6 is 0 Å². The Kier molecular flexibility index (Phi) is 3.26. The van der Waals surface area contributed by atoms with Gasteiger partial charge in [-0.25, -0.2) is 0 Å². The molecule has 2 aromatic heterocycles. The Bertz CT molecular complexity index is 843. The molecule has 0 unspecified atom stereocenters. The van der Waals surface area contributed by atoms with Crippen molar-refractivity contribution in [2.75, 3.05) is 0 Å². The van der Waals surface area contributed by atoms with Gasteiger partial charge >= 0.3 is 0 Å². The molecule has 3 nitrogen and oxygen atoms in total. The lowest BCUT2D eigenvalue weighted by molar-refractivity contribution is 0.111. The van der Waals surface area contributed by atoms with Gasteiger partial charge in [-0.1, -0.05) is 24.3 Å². The van der Waals surface area contributed by atoms with Crippen molar-refractivity contribution in [2.45, 2.75) is 32.1 Å². The summed E-state index contributed by atoms with van der Waals surface area (Å²) in [5.74, 6) is 0. The Balaban J connectivity index is 1.83. The topological polar surface area (TPSA) is 45.8 Å². The zero-order valence-corrected chi connectivity index (χ0v) is 12.4. The molecule has 0 aliphatic heterocycles. The first-order valence-corrected chi connectivity index (χ1v) is 7.87. The van der Waals surface area contributed by atoms with Crippen LogP contribution in [0.25, 0.3) is 10.8 Å². The van der Waals surface area contributed by atoms with Crippen LogP contribution in [0.2, 0.25) is 0 Å². The van der Waals surface area contributed by atoms with Gasteiger partial charge in [-0.3, -0.25) is 9.78 Å². The van der Waals surface area contributed by atoms with E-state index in [2.05, 4.69) is 22.1 Å². The van der Waals surface area contributed by atoms with E-state index in [4.69, 9.17) is 0 Å². The molecule has 0 radical (unpaired) electrons. The first-order chi connectivity index (χ1) is 10.9. The van der Waals surface area contributed by atoms with Gasteiger partial charge in [0.2, 0.25) is 0 Å². The highest BCUT2D eigenvalue weighted by Gasteiger charge is 2.20. The largest absolute Gasteiger partial charge is 0.356 e. The van der Waals surface area contributed by atoms with Gasteiger partial charge in [0.25, 0.3) is 0 Å². The molecular weight excluding hydrogens is 272 g/mol. The summed E-state index contributed by atoms with van der Waals surface area (Å²) in [6.45, 7) is 0. The second-order valence-corrected chi connectivity index (χ2v) is 5.95. The van der Waals surface area contributed by atoms with Crippen LogP contribution in [0.5, 0.6) is 0 Å². The highest BCUT2D eigenvalue weighted by Crippen LogP contribution is 2.29. The van der Waals surface area contributed by atoms with Crippen LogP contribution in [0.3, 0.4) is 0 Å². The van der Waals surface area contributed by atoms with Crippen LogP contribution in [0.4, 0.5) is 0 Å². The van der Waals surface area contributed by atoms with E-state index in [-0.39, 0.29) is 0 Å². The molecule has 1 N–H and O–H groups in total. The summed E-state index contributed by atoms with van der Waals surface area (Å²) in [4.78, 5) is 19.3. The maximum Gasteiger partial charge on any atom is 0.166 e. The fraction of sp³-hybridized carbons (Fsp3) is 0.263. The van der Waals surface area contributed by atoms with E-state index in [9.17, 15) is 4.79 Å². The number of benzene rings is 1. The molecule has 0 spiro atoms. The monoisotopic (exact) mass is 290 g/mol. The molecule has 1 aliphatic carbocycles. The summed E-state index contributed by atoms with van der Waals surface area (Å²) >= 11 is 0. The predicted octanol–water partition coefficient (Wildman–Crippen LogP) is 3.85. The Morgan fingerprint density at radius 3 is 2.91 bits per heavy atom. The van der Waals surface area contributed by atoms with Crippen molar-refractivity contribution in [3.63, 3.8) is 0 Å². The molecular formula is C19H18N2O. The average molecular weight is 290 g/mol. The lowest BCUT2D eigenvalue weighted by atomic mass is 9.92. The number of aromatic nitrogens is 2. The molecule has 0 saturated heterocycles. The summed E-state index contributed by atoms with van der Waals surface area (Å²) < 4.78 is 0. The van der Waals surface area contributed by atoms with Crippen LogP contribution in [0, 0.1) is 0 Å². The Hall–Kier alpha value is -2.42. The molecule has 0 atom stereocenters. The van der Waals surface area contributed by atoms with Gasteiger partial charge in [0.15, 0.2) is 6.29 Å². The highest BCUT2D eigenvalue weighted by molar-refractivity contribution is 5.85. The number of carbonyl (C=O) groups excluding carboxylic acids is 1. The van der Waals surface area contributed by atoms with Crippen molar-refractivity contribution in [1.29, 1.82) is 0 Å². The number of pyridine rings is 1. The number of carbonyl (C=O) groups is 1. The molecule has 2 heterocycles. The maximum atomic E-state index is 11.4. The maximum absolute atomic E-state index is 11.4. The van der Waals surface area contributed by atoms with Gasteiger partial charge in [-0.2, -0.15) is 0 Å². The summed E-state index contributed by atoms with van der Waals surface area (Å²) in [6, 6.07) is 10.3. The van der Waals surface area contributed by atoms with E-state index in [0.29, 0.717) is 0 Å². The molecule has 1 aliphatic rings. The molecule has 3 heteroatoms. The van der Waals surface area contributed by atoms with Crippen molar-refractivity contribution in [1.82, 2.24) is 9.97 Å². The zero-order valence-electron chi connectivity index (χ0n) is 12.4. The molecule has 4 rings (SSSR count). The van der Waals surface area contributed by atoms with Crippen molar-refractivity contribution in [3.05, 3.63) is 64.7 Å². The molecule has 22 heavy (non-hydrogen) atoms. The second-order valence-electron chi connectivity index (χ2n) is 5.95. The van der Waals surface area contributed by atoms with Crippen LogP contribution < -0.4 is 0 Å². The molecule has 110 valence electrons. The summed E-state index contributed by atoms with van der Waals surface area (Å²) in [5.41, 5.74) is 5.54. The quantitative estimate of drug-likeness (QED) is 0.745. The number of aromatic amines is 1. The van der Waals surface area contributed by atoms with Crippen molar-refractivity contribution < 1.29 is 4.79 Å². The van der Waals surface area contributed by atoms with Gasteiger partial charge in [-0.05, 0) is 48.3 Å². The van der Waals surface area contributed by atoms with E-state index in [0.717, 1.165) is 42.5 Å². The lowest BCUT2D eigenvalue weighted by Crippen LogP contribution is -2.04. The summed E-state index contributed by atoms with van der Waals surface area (Å²) in [7, 11) is 0. The van der Waals surface area contributed by atoms with Gasteiger partial charge in [0.05, 0.1) is 11.4 Å². The molecule has 0 bridgehead atoms. The zero-order chi connectivity index (χ0) is 14.9. The molecule has 0 saturated carbocycles. The average Bonchev–Trinajstić information content (AvgIpc) is 2.93. The van der Waals surface area contributed by atoms with Gasteiger partial charge in [-0.15, -0.1) is 0 Å². The highest BCUT2D eigenvalue weighted by atomic mass is 16.1. The van der Waals surface area contributed by atoms with E-state index in [1.807, 2.05) is 24.4 Å². The Morgan fingerprint density at radius 1 is 1.14 bits per heavy atom. The number of hydrogen-bond acceptors (Lipinski definition) is 2. The number of aryl methyl sites for hydroxylation is 1. The van der Waals surface area contributed by atoms with Gasteiger partial charge in [0.1, 0.15) is 0 Å². The minimum absolute atomic E-state index is 0.723. The molecule has 3 aromatic rings.